The quantitative estimate of drug-likeness (QED) is 0.173. The Bertz CT molecular complexity index is 3170. The lowest BCUT2D eigenvalue weighted by Crippen LogP contribution is -2.10. The van der Waals surface area contributed by atoms with Crippen LogP contribution >= 0.6 is 0 Å². The number of nitrogens with zero attached hydrogens (tertiary/aromatic N) is 2. The minimum Gasteiger partial charge on any atom is -0.455 e. The first kappa shape index (κ1) is 31.1. The van der Waals surface area contributed by atoms with Crippen molar-refractivity contribution in [1.82, 2.24) is 4.98 Å². The maximum Gasteiger partial charge on any atom is 0.227 e. The van der Waals surface area contributed by atoms with Crippen LogP contribution < -0.4 is 4.90 Å². The summed E-state index contributed by atoms with van der Waals surface area (Å²) in [6.07, 6.45) is 0. The largest absolute Gasteiger partial charge is 0.455 e. The van der Waals surface area contributed by atoms with Gasteiger partial charge in [0.1, 0.15) is 16.7 Å². The molecule has 0 unspecified atom stereocenters. The van der Waals surface area contributed by atoms with Crippen molar-refractivity contribution < 1.29 is 8.83 Å². The van der Waals surface area contributed by atoms with E-state index in [0.717, 1.165) is 66.4 Å². The van der Waals surface area contributed by atoms with E-state index in [9.17, 15) is 0 Å². The lowest BCUT2D eigenvalue weighted by Gasteiger charge is -2.27. The number of para-hydroxylation sites is 2. The van der Waals surface area contributed by atoms with Gasteiger partial charge in [0.2, 0.25) is 5.89 Å². The van der Waals surface area contributed by atoms with Crippen molar-refractivity contribution in [3.63, 3.8) is 0 Å². The highest BCUT2D eigenvalue weighted by molar-refractivity contribution is 6.20. The molecule has 2 aromatic heterocycles. The van der Waals surface area contributed by atoms with Gasteiger partial charge >= 0.3 is 0 Å². The topological polar surface area (TPSA) is 42.4 Å². The minimum absolute atomic E-state index is 0.575. The molecule has 0 aliphatic heterocycles. The standard InChI is InChI=1S/C51H32N2O2/c1-3-11-33(12-4-1)35-21-25-40(26-22-35)53(41-27-23-37-29-36(19-20-38(37)30-41)34-13-5-2-6-14-34)47-32-45-43-28-24-39(51-52-46-17-9-10-18-48(46)55-51)31-49(43)54-50(45)44-16-8-7-15-42(44)47/h1-32H. The summed E-state index contributed by atoms with van der Waals surface area (Å²) in [5.41, 5.74) is 12.1. The predicted octanol–water partition coefficient (Wildman–Crippen LogP) is 14.5. The van der Waals surface area contributed by atoms with Crippen LogP contribution in [0.3, 0.4) is 0 Å². The molecular weight excluding hydrogens is 673 g/mol. The number of hydrogen-bond acceptors (Lipinski definition) is 4. The Balaban J connectivity index is 1.10. The Hall–Kier alpha value is -7.43. The Morgan fingerprint density at radius 2 is 0.982 bits per heavy atom. The number of oxazole rings is 1. The van der Waals surface area contributed by atoms with Crippen LogP contribution in [0.25, 0.3) is 88.3 Å². The number of benzene rings is 9. The van der Waals surface area contributed by atoms with Crippen LogP contribution in [0.5, 0.6) is 0 Å². The summed E-state index contributed by atoms with van der Waals surface area (Å²) >= 11 is 0. The molecule has 2 heterocycles. The summed E-state index contributed by atoms with van der Waals surface area (Å²) in [5, 5.41) is 6.60. The van der Waals surface area contributed by atoms with Crippen LogP contribution in [-0.4, -0.2) is 4.98 Å². The van der Waals surface area contributed by atoms with Gasteiger partial charge in [0, 0.05) is 38.5 Å². The van der Waals surface area contributed by atoms with Crippen LogP contribution in [0.15, 0.2) is 203 Å². The Kier molecular flexibility index (Phi) is 7.14. The molecule has 0 aliphatic rings. The zero-order chi connectivity index (χ0) is 36.3. The van der Waals surface area contributed by atoms with Crippen molar-refractivity contribution in [2.75, 3.05) is 4.90 Å². The van der Waals surface area contributed by atoms with Crippen LogP contribution in [-0.2, 0) is 0 Å². The van der Waals surface area contributed by atoms with Gasteiger partial charge in [0.15, 0.2) is 5.58 Å². The minimum atomic E-state index is 0.575. The highest BCUT2D eigenvalue weighted by Crippen LogP contribution is 2.46. The first-order valence-corrected chi connectivity index (χ1v) is 18.5. The van der Waals surface area contributed by atoms with Crippen molar-refractivity contribution in [3.8, 4) is 33.7 Å². The summed E-state index contributed by atoms with van der Waals surface area (Å²) in [4.78, 5) is 7.13. The smallest absolute Gasteiger partial charge is 0.227 e. The second-order valence-electron chi connectivity index (χ2n) is 14.0. The van der Waals surface area contributed by atoms with E-state index in [2.05, 4.69) is 169 Å². The highest BCUT2D eigenvalue weighted by Gasteiger charge is 2.21. The fraction of sp³-hybridized carbons (Fsp3) is 0. The van der Waals surface area contributed by atoms with Gasteiger partial charge in [-0.25, -0.2) is 4.98 Å². The average molecular weight is 705 g/mol. The zero-order valence-electron chi connectivity index (χ0n) is 29.7. The number of aromatic nitrogens is 1. The molecule has 55 heavy (non-hydrogen) atoms. The molecule has 258 valence electrons. The number of rotatable bonds is 6. The van der Waals surface area contributed by atoms with Crippen LogP contribution in [0, 0.1) is 0 Å². The van der Waals surface area contributed by atoms with Gasteiger partial charge in [-0.1, -0.05) is 127 Å². The second kappa shape index (κ2) is 12.6. The maximum atomic E-state index is 6.73. The molecule has 0 bridgehead atoms. The van der Waals surface area contributed by atoms with Gasteiger partial charge in [-0.15, -0.1) is 0 Å². The first-order chi connectivity index (χ1) is 27.2. The van der Waals surface area contributed by atoms with E-state index >= 15 is 0 Å². The number of furan rings is 1. The first-order valence-electron chi connectivity index (χ1n) is 18.5. The molecule has 11 rings (SSSR count). The van der Waals surface area contributed by atoms with Crippen molar-refractivity contribution in [2.45, 2.75) is 0 Å². The Morgan fingerprint density at radius 3 is 1.78 bits per heavy atom. The highest BCUT2D eigenvalue weighted by atomic mass is 16.3. The van der Waals surface area contributed by atoms with E-state index in [4.69, 9.17) is 13.8 Å². The molecule has 4 nitrogen and oxygen atoms in total. The molecule has 0 radical (unpaired) electrons. The summed E-state index contributed by atoms with van der Waals surface area (Å²) in [7, 11) is 0. The molecule has 11 aromatic rings. The van der Waals surface area contributed by atoms with E-state index < -0.39 is 0 Å². The van der Waals surface area contributed by atoms with E-state index in [1.807, 2.05) is 30.3 Å². The number of hydrogen-bond donors (Lipinski definition) is 0. The van der Waals surface area contributed by atoms with Crippen LogP contribution in [0.4, 0.5) is 17.1 Å². The summed E-state index contributed by atoms with van der Waals surface area (Å²) in [6, 6.07) is 68.4. The Morgan fingerprint density at radius 1 is 0.364 bits per heavy atom. The monoisotopic (exact) mass is 704 g/mol. The normalized spacial score (nSPS) is 11.6. The van der Waals surface area contributed by atoms with Gasteiger partial charge in [0.25, 0.3) is 0 Å². The van der Waals surface area contributed by atoms with E-state index in [1.54, 1.807) is 0 Å². The molecule has 0 aliphatic carbocycles. The van der Waals surface area contributed by atoms with Crippen molar-refractivity contribution in [1.29, 1.82) is 0 Å². The third-order valence-electron chi connectivity index (χ3n) is 10.7. The molecule has 9 aromatic carbocycles. The SMILES string of the molecule is c1ccc(-c2ccc(N(c3ccc4cc(-c5ccccc5)ccc4c3)c3cc4c5ccc(-c6nc7ccccc7o6)cc5oc4c4ccccc34)cc2)cc1. The number of anilines is 3. The third kappa shape index (κ3) is 5.34. The van der Waals surface area contributed by atoms with Crippen LogP contribution in [0.2, 0.25) is 0 Å². The molecule has 0 atom stereocenters. The summed E-state index contributed by atoms with van der Waals surface area (Å²) < 4.78 is 12.9. The van der Waals surface area contributed by atoms with Crippen molar-refractivity contribution in [2.24, 2.45) is 0 Å². The van der Waals surface area contributed by atoms with Crippen molar-refractivity contribution in [3.05, 3.63) is 194 Å². The van der Waals surface area contributed by atoms with E-state index in [-0.39, 0.29) is 0 Å². The Labute approximate surface area is 317 Å². The fourth-order valence-corrected chi connectivity index (χ4v) is 7.94. The fourth-order valence-electron chi connectivity index (χ4n) is 7.94. The molecular formula is C51H32N2O2. The van der Waals surface area contributed by atoms with Gasteiger partial charge in [-0.2, -0.15) is 0 Å². The third-order valence-corrected chi connectivity index (χ3v) is 10.7. The summed E-state index contributed by atoms with van der Waals surface area (Å²) in [5.74, 6) is 0.575. The van der Waals surface area contributed by atoms with Gasteiger partial charge < -0.3 is 13.7 Å². The molecule has 0 spiro atoms. The lowest BCUT2D eigenvalue weighted by molar-refractivity contribution is 0.619. The molecule has 0 saturated carbocycles. The maximum absolute atomic E-state index is 6.73. The molecule has 0 amide bonds. The van der Waals surface area contributed by atoms with Gasteiger partial charge in [-0.05, 0) is 99.8 Å². The van der Waals surface area contributed by atoms with Gasteiger partial charge in [-0.3, -0.25) is 0 Å². The molecule has 0 saturated heterocycles. The van der Waals surface area contributed by atoms with Crippen molar-refractivity contribution >= 4 is 71.6 Å². The van der Waals surface area contributed by atoms with Crippen LogP contribution in [0.1, 0.15) is 0 Å². The van der Waals surface area contributed by atoms with E-state index in [1.165, 1.54) is 33.0 Å². The zero-order valence-corrected chi connectivity index (χ0v) is 29.7. The van der Waals surface area contributed by atoms with E-state index in [0.29, 0.717) is 5.89 Å². The number of fused-ring (bicyclic) bond motifs is 7. The second-order valence-corrected chi connectivity index (χ2v) is 14.0. The predicted molar refractivity (Wildman–Crippen MR) is 227 cm³/mol. The molecule has 0 N–H and O–H groups in total. The molecule has 0 fully saturated rings. The average Bonchev–Trinajstić information content (AvgIpc) is 3.86. The summed E-state index contributed by atoms with van der Waals surface area (Å²) in [6.45, 7) is 0. The van der Waals surface area contributed by atoms with Gasteiger partial charge in [0.05, 0.1) is 5.69 Å². The lowest BCUT2D eigenvalue weighted by atomic mass is 9.99. The molecule has 4 heteroatoms.